The van der Waals surface area contributed by atoms with Gasteiger partial charge in [0.2, 0.25) is 0 Å². The molecular formula is C23H22N4O4. The van der Waals surface area contributed by atoms with Crippen molar-refractivity contribution in [3.8, 4) is 23.1 Å². The molecule has 8 heteroatoms. The first-order valence-corrected chi connectivity index (χ1v) is 9.52. The molecule has 158 valence electrons. The van der Waals surface area contributed by atoms with E-state index < -0.39 is 24.0 Å². The van der Waals surface area contributed by atoms with E-state index >= 15 is 0 Å². The number of nitrogens with one attached hydrogen (secondary N) is 2. The van der Waals surface area contributed by atoms with Crippen molar-refractivity contribution in [1.29, 1.82) is 0 Å². The highest BCUT2D eigenvalue weighted by atomic mass is 16.5. The third-order valence-corrected chi connectivity index (χ3v) is 4.66. The molecule has 0 spiro atoms. The first kappa shape index (κ1) is 21.8. The van der Waals surface area contributed by atoms with Crippen LogP contribution in [0.1, 0.15) is 28.4 Å². The summed E-state index contributed by atoms with van der Waals surface area (Å²) >= 11 is 0. The summed E-state index contributed by atoms with van der Waals surface area (Å²) in [4.78, 5) is 23.8. The minimum atomic E-state index is -1.27. The third-order valence-electron chi connectivity index (χ3n) is 4.66. The van der Waals surface area contributed by atoms with Crippen LogP contribution < -0.4 is 10.8 Å². The van der Waals surface area contributed by atoms with Gasteiger partial charge < -0.3 is 10.4 Å². The Morgan fingerprint density at radius 3 is 2.06 bits per heavy atom. The van der Waals surface area contributed by atoms with E-state index in [1.165, 1.54) is 12.4 Å². The lowest BCUT2D eigenvalue weighted by molar-refractivity contribution is -0.133. The van der Waals surface area contributed by atoms with Crippen LogP contribution >= 0.6 is 0 Å². The number of hydroxylamine groups is 1. The molecule has 0 aliphatic heterocycles. The van der Waals surface area contributed by atoms with Crippen LogP contribution in [-0.2, 0) is 11.8 Å². The second-order valence-corrected chi connectivity index (χ2v) is 6.91. The number of amides is 2. The Morgan fingerprint density at radius 1 is 1.00 bits per heavy atom. The largest absolute Gasteiger partial charge is 0.391 e. The zero-order chi connectivity index (χ0) is 22.4. The molecule has 0 aliphatic rings. The Morgan fingerprint density at radius 2 is 1.58 bits per heavy atom. The lowest BCUT2D eigenvalue weighted by Gasteiger charge is -2.19. The molecule has 0 aliphatic carbocycles. The van der Waals surface area contributed by atoms with Crippen molar-refractivity contribution in [3.05, 3.63) is 77.5 Å². The molecule has 1 heterocycles. The summed E-state index contributed by atoms with van der Waals surface area (Å²) in [6, 6.07) is 15.0. The van der Waals surface area contributed by atoms with Crippen molar-refractivity contribution >= 4 is 11.8 Å². The molecule has 0 fully saturated rings. The maximum Gasteiger partial charge on any atom is 0.268 e. The standard InChI is InChI=1S/C23H22N4O4/c1-15(28)21(23(30)26-31)25-22(29)19-11-7-17(8-12-19)4-3-16-5-9-18(10-6-16)20-13-14-24-27(20)2/h5-15,21,28,31H,1-2H3,(H,25,29)(H,26,30)/t15-,21-/m0/s1. The third kappa shape index (κ3) is 5.36. The Balaban J connectivity index is 1.67. The Hall–Kier alpha value is -3.93. The lowest BCUT2D eigenvalue weighted by Crippen LogP contribution is -2.51. The second kappa shape index (κ2) is 9.71. The van der Waals surface area contributed by atoms with E-state index in [-0.39, 0.29) is 0 Å². The maximum absolute atomic E-state index is 12.3. The quantitative estimate of drug-likeness (QED) is 0.284. The van der Waals surface area contributed by atoms with Gasteiger partial charge in [-0.3, -0.25) is 19.5 Å². The summed E-state index contributed by atoms with van der Waals surface area (Å²) in [6.45, 7) is 1.34. The average molecular weight is 418 g/mol. The van der Waals surface area contributed by atoms with Gasteiger partial charge in [0.1, 0.15) is 6.04 Å². The van der Waals surface area contributed by atoms with Crippen LogP contribution in [0.15, 0.2) is 60.8 Å². The van der Waals surface area contributed by atoms with Gasteiger partial charge in [0, 0.05) is 29.9 Å². The van der Waals surface area contributed by atoms with Crippen LogP contribution in [-0.4, -0.2) is 44.1 Å². The smallest absolute Gasteiger partial charge is 0.268 e. The maximum atomic E-state index is 12.3. The van der Waals surface area contributed by atoms with Crippen molar-refractivity contribution < 1.29 is 19.9 Å². The van der Waals surface area contributed by atoms with Gasteiger partial charge in [-0.15, -0.1) is 0 Å². The number of nitrogens with zero attached hydrogens (tertiary/aromatic N) is 2. The molecule has 3 aromatic rings. The molecular weight excluding hydrogens is 396 g/mol. The molecule has 4 N–H and O–H groups in total. The minimum Gasteiger partial charge on any atom is -0.391 e. The zero-order valence-corrected chi connectivity index (χ0v) is 17.0. The van der Waals surface area contributed by atoms with Crippen LogP contribution in [0.3, 0.4) is 0 Å². The molecule has 0 saturated heterocycles. The normalized spacial score (nSPS) is 12.3. The van der Waals surface area contributed by atoms with E-state index in [0.29, 0.717) is 11.1 Å². The van der Waals surface area contributed by atoms with Gasteiger partial charge in [0.15, 0.2) is 0 Å². The van der Waals surface area contributed by atoms with Gasteiger partial charge in [0.25, 0.3) is 11.8 Å². The summed E-state index contributed by atoms with van der Waals surface area (Å²) in [5.74, 6) is 4.66. The Bertz CT molecular complexity index is 1120. The van der Waals surface area contributed by atoms with Crippen molar-refractivity contribution in [2.24, 2.45) is 7.05 Å². The Kier molecular flexibility index (Phi) is 6.82. The number of rotatable bonds is 5. The van der Waals surface area contributed by atoms with E-state index in [0.717, 1.165) is 16.8 Å². The summed E-state index contributed by atoms with van der Waals surface area (Å²) in [7, 11) is 1.89. The number of hydrogen-bond acceptors (Lipinski definition) is 5. The van der Waals surface area contributed by atoms with E-state index in [4.69, 9.17) is 5.21 Å². The van der Waals surface area contributed by atoms with Gasteiger partial charge in [-0.05, 0) is 55.0 Å². The minimum absolute atomic E-state index is 0.294. The van der Waals surface area contributed by atoms with E-state index in [9.17, 15) is 14.7 Å². The molecule has 0 unspecified atom stereocenters. The lowest BCUT2D eigenvalue weighted by atomic mass is 10.1. The van der Waals surface area contributed by atoms with Crippen molar-refractivity contribution in [2.75, 3.05) is 0 Å². The number of aliphatic hydroxyl groups excluding tert-OH is 1. The fourth-order valence-corrected chi connectivity index (χ4v) is 2.93. The van der Waals surface area contributed by atoms with Gasteiger partial charge >= 0.3 is 0 Å². The molecule has 8 nitrogen and oxygen atoms in total. The van der Waals surface area contributed by atoms with E-state index in [1.54, 1.807) is 35.1 Å². The van der Waals surface area contributed by atoms with E-state index in [2.05, 4.69) is 22.3 Å². The van der Waals surface area contributed by atoms with Gasteiger partial charge in [-0.1, -0.05) is 24.0 Å². The predicted molar refractivity (Wildman–Crippen MR) is 114 cm³/mol. The number of carbonyl (C=O) groups is 2. The topological polar surface area (TPSA) is 116 Å². The summed E-state index contributed by atoms with van der Waals surface area (Å²) < 4.78 is 1.80. The molecule has 2 amide bonds. The first-order valence-electron chi connectivity index (χ1n) is 9.52. The van der Waals surface area contributed by atoms with Crippen molar-refractivity contribution in [1.82, 2.24) is 20.6 Å². The highest BCUT2D eigenvalue weighted by Crippen LogP contribution is 2.18. The molecule has 31 heavy (non-hydrogen) atoms. The van der Waals surface area contributed by atoms with Gasteiger partial charge in [0.05, 0.1) is 11.8 Å². The molecule has 2 atom stereocenters. The number of carbonyl (C=O) groups excluding carboxylic acids is 2. The van der Waals surface area contributed by atoms with E-state index in [1.807, 2.05) is 37.4 Å². The van der Waals surface area contributed by atoms with Crippen LogP contribution in [0.2, 0.25) is 0 Å². The fourth-order valence-electron chi connectivity index (χ4n) is 2.93. The van der Waals surface area contributed by atoms with Crippen LogP contribution in [0, 0.1) is 11.8 Å². The monoisotopic (exact) mass is 418 g/mol. The van der Waals surface area contributed by atoms with Crippen molar-refractivity contribution in [3.63, 3.8) is 0 Å². The molecule has 0 radical (unpaired) electrons. The van der Waals surface area contributed by atoms with Crippen molar-refractivity contribution in [2.45, 2.75) is 19.1 Å². The average Bonchev–Trinajstić information content (AvgIpc) is 3.21. The van der Waals surface area contributed by atoms with Crippen LogP contribution in [0.4, 0.5) is 0 Å². The SMILES string of the molecule is C[C@H](O)[C@H](NC(=O)c1ccc(C#Cc2ccc(-c3ccnn3C)cc2)cc1)C(=O)NO. The summed E-state index contributed by atoms with van der Waals surface area (Å²) in [5.41, 5.74) is 5.35. The van der Waals surface area contributed by atoms with Crippen LogP contribution in [0.25, 0.3) is 11.3 Å². The highest BCUT2D eigenvalue weighted by molar-refractivity contribution is 5.97. The predicted octanol–water partition coefficient (Wildman–Crippen LogP) is 1.47. The molecule has 1 aromatic heterocycles. The number of aliphatic hydroxyl groups is 1. The second-order valence-electron chi connectivity index (χ2n) is 6.91. The number of benzene rings is 2. The van der Waals surface area contributed by atoms with Crippen LogP contribution in [0.5, 0.6) is 0 Å². The summed E-state index contributed by atoms with van der Waals surface area (Å²) in [5, 5.41) is 24.9. The van der Waals surface area contributed by atoms with Gasteiger partial charge in [-0.25, -0.2) is 5.48 Å². The van der Waals surface area contributed by atoms with Gasteiger partial charge in [-0.2, -0.15) is 5.10 Å². The first-order chi connectivity index (χ1) is 14.9. The number of hydrogen-bond donors (Lipinski definition) is 4. The molecule has 0 bridgehead atoms. The molecule has 3 rings (SSSR count). The summed E-state index contributed by atoms with van der Waals surface area (Å²) in [6.07, 6.45) is 0.573. The molecule has 2 aromatic carbocycles. The fraction of sp³-hybridized carbons (Fsp3) is 0.174. The molecule has 0 saturated carbocycles. The highest BCUT2D eigenvalue weighted by Gasteiger charge is 2.25. The zero-order valence-electron chi connectivity index (χ0n) is 17.0. The Labute approximate surface area is 179 Å². The number of aryl methyl sites for hydroxylation is 1. The number of aromatic nitrogens is 2.